The lowest BCUT2D eigenvalue weighted by Crippen LogP contribution is -2.52. The summed E-state index contributed by atoms with van der Waals surface area (Å²) >= 11 is 5.15. The Kier molecular flexibility index (Phi) is 10.3. The summed E-state index contributed by atoms with van der Waals surface area (Å²) in [6, 6.07) is 26.0. The van der Waals surface area contributed by atoms with Crippen molar-refractivity contribution in [1.29, 1.82) is 0 Å². The maximum atomic E-state index is 13.8. The number of thioether (sulfide) groups is 1. The fraction of sp³-hybridized carbons (Fsp3) is 0.355. The molecule has 1 atom stereocenters. The lowest BCUT2D eigenvalue weighted by Gasteiger charge is -2.32. The molecule has 0 saturated heterocycles. The molecular weight excluding hydrogens is 544 g/mol. The zero-order valence-electron chi connectivity index (χ0n) is 21.4. The van der Waals surface area contributed by atoms with E-state index in [2.05, 4.69) is 52.4 Å². The Hall–Kier alpha value is -2.57. The van der Waals surface area contributed by atoms with Crippen LogP contribution in [0.15, 0.2) is 83.3 Å². The third kappa shape index (κ3) is 8.47. The standard InChI is InChI=1S/C31H35BrN2O2S/c1-23-14-16-25(17-15-23)21-37-22-30(35)34(20-26-10-7-11-27(32)18-26)29(19-24-8-3-2-4-9-24)31(36)33-28-12-5-6-13-28/h2-4,7-11,14-18,28-29H,5-6,12-13,19-22H2,1H3,(H,33,36)/t29-/m0/s1. The van der Waals surface area contributed by atoms with E-state index >= 15 is 0 Å². The Morgan fingerprint density at radius 1 is 0.946 bits per heavy atom. The highest BCUT2D eigenvalue weighted by atomic mass is 79.9. The van der Waals surface area contributed by atoms with Crippen molar-refractivity contribution in [2.75, 3.05) is 5.75 Å². The summed E-state index contributed by atoms with van der Waals surface area (Å²) in [6.07, 6.45) is 4.79. The van der Waals surface area contributed by atoms with E-state index in [1.54, 1.807) is 16.7 Å². The molecule has 37 heavy (non-hydrogen) atoms. The van der Waals surface area contributed by atoms with Crippen LogP contribution in [-0.4, -0.2) is 34.6 Å². The van der Waals surface area contributed by atoms with Gasteiger partial charge in [0.1, 0.15) is 6.04 Å². The minimum absolute atomic E-state index is 0.0143. The molecule has 0 aliphatic heterocycles. The molecule has 0 heterocycles. The Morgan fingerprint density at radius 2 is 1.65 bits per heavy atom. The highest BCUT2D eigenvalue weighted by molar-refractivity contribution is 9.10. The molecule has 0 bridgehead atoms. The van der Waals surface area contributed by atoms with Crippen LogP contribution in [0.2, 0.25) is 0 Å². The smallest absolute Gasteiger partial charge is 0.243 e. The molecule has 0 radical (unpaired) electrons. The molecule has 4 rings (SSSR count). The molecule has 2 amide bonds. The Morgan fingerprint density at radius 3 is 2.35 bits per heavy atom. The first-order chi connectivity index (χ1) is 18.0. The van der Waals surface area contributed by atoms with Crippen LogP contribution in [0, 0.1) is 6.92 Å². The minimum atomic E-state index is -0.575. The molecule has 0 unspecified atom stereocenters. The lowest BCUT2D eigenvalue weighted by atomic mass is 10.0. The predicted molar refractivity (Wildman–Crippen MR) is 156 cm³/mol. The van der Waals surface area contributed by atoms with Crippen LogP contribution in [-0.2, 0) is 28.3 Å². The van der Waals surface area contributed by atoms with Gasteiger partial charge >= 0.3 is 0 Å². The molecule has 6 heteroatoms. The van der Waals surface area contributed by atoms with Crippen LogP contribution in [0.1, 0.15) is 47.9 Å². The summed E-state index contributed by atoms with van der Waals surface area (Å²) in [4.78, 5) is 29.3. The summed E-state index contributed by atoms with van der Waals surface area (Å²) < 4.78 is 0.959. The number of halogens is 1. The van der Waals surface area contributed by atoms with Crippen LogP contribution >= 0.6 is 27.7 Å². The quantitative estimate of drug-likeness (QED) is 0.276. The van der Waals surface area contributed by atoms with E-state index in [0.717, 1.165) is 47.0 Å². The van der Waals surface area contributed by atoms with Crippen molar-refractivity contribution in [3.63, 3.8) is 0 Å². The fourth-order valence-corrected chi connectivity index (χ4v) is 6.09. The number of nitrogens with zero attached hydrogens (tertiary/aromatic N) is 1. The summed E-state index contributed by atoms with van der Waals surface area (Å²) in [5, 5.41) is 3.27. The minimum Gasteiger partial charge on any atom is -0.352 e. The van der Waals surface area contributed by atoms with Gasteiger partial charge in [0, 0.05) is 29.2 Å². The molecule has 1 fully saturated rings. The van der Waals surface area contributed by atoms with Gasteiger partial charge in [-0.15, -0.1) is 11.8 Å². The number of benzene rings is 3. The topological polar surface area (TPSA) is 49.4 Å². The van der Waals surface area contributed by atoms with Gasteiger partial charge in [-0.3, -0.25) is 9.59 Å². The second-order valence-corrected chi connectivity index (χ2v) is 11.7. The molecule has 194 valence electrons. The zero-order chi connectivity index (χ0) is 26.0. The average molecular weight is 580 g/mol. The van der Waals surface area contributed by atoms with Crippen LogP contribution in [0.25, 0.3) is 0 Å². The van der Waals surface area contributed by atoms with Crippen LogP contribution in [0.4, 0.5) is 0 Å². The first-order valence-corrected chi connectivity index (χ1v) is 14.9. The molecule has 1 N–H and O–H groups in total. The maximum Gasteiger partial charge on any atom is 0.243 e. The average Bonchev–Trinajstić information content (AvgIpc) is 3.41. The van der Waals surface area contributed by atoms with Gasteiger partial charge in [-0.1, -0.05) is 101 Å². The number of amides is 2. The molecule has 1 aliphatic carbocycles. The first-order valence-electron chi connectivity index (χ1n) is 13.0. The van der Waals surface area contributed by atoms with Crippen molar-refractivity contribution in [2.45, 2.75) is 63.4 Å². The number of hydrogen-bond donors (Lipinski definition) is 1. The Balaban J connectivity index is 1.56. The van der Waals surface area contributed by atoms with Crippen LogP contribution in [0.3, 0.4) is 0 Å². The van der Waals surface area contributed by atoms with Gasteiger partial charge in [-0.05, 0) is 48.6 Å². The van der Waals surface area contributed by atoms with Gasteiger partial charge in [-0.25, -0.2) is 0 Å². The van der Waals surface area contributed by atoms with E-state index in [1.165, 1.54) is 11.1 Å². The normalized spacial score (nSPS) is 14.3. The number of rotatable bonds is 11. The summed E-state index contributed by atoms with van der Waals surface area (Å²) in [6.45, 7) is 2.46. The lowest BCUT2D eigenvalue weighted by molar-refractivity contribution is -0.139. The van der Waals surface area contributed by atoms with Crippen molar-refractivity contribution in [3.8, 4) is 0 Å². The SMILES string of the molecule is Cc1ccc(CSCC(=O)N(Cc2cccc(Br)c2)[C@@H](Cc2ccccc2)C(=O)NC2CCCC2)cc1. The van der Waals surface area contributed by atoms with E-state index in [4.69, 9.17) is 0 Å². The maximum absolute atomic E-state index is 13.8. The molecule has 4 nitrogen and oxygen atoms in total. The number of aryl methyl sites for hydroxylation is 1. The number of carbonyl (C=O) groups excluding carboxylic acids is 2. The van der Waals surface area contributed by atoms with Gasteiger partial charge in [0.05, 0.1) is 5.75 Å². The molecule has 1 saturated carbocycles. The van der Waals surface area contributed by atoms with Gasteiger partial charge in [0.25, 0.3) is 0 Å². The van der Waals surface area contributed by atoms with E-state index in [-0.39, 0.29) is 17.9 Å². The van der Waals surface area contributed by atoms with Crippen molar-refractivity contribution < 1.29 is 9.59 Å². The second kappa shape index (κ2) is 13.8. The second-order valence-electron chi connectivity index (χ2n) is 9.83. The Labute approximate surface area is 233 Å². The molecule has 0 spiro atoms. The van der Waals surface area contributed by atoms with Crippen LogP contribution in [0.5, 0.6) is 0 Å². The van der Waals surface area contributed by atoms with Gasteiger partial charge < -0.3 is 10.2 Å². The van der Waals surface area contributed by atoms with Gasteiger partial charge in [-0.2, -0.15) is 0 Å². The Bertz CT molecular complexity index is 1160. The number of carbonyl (C=O) groups is 2. The zero-order valence-corrected chi connectivity index (χ0v) is 23.8. The predicted octanol–water partition coefficient (Wildman–Crippen LogP) is 6.69. The van der Waals surface area contributed by atoms with Crippen molar-refractivity contribution in [2.24, 2.45) is 0 Å². The first kappa shape index (κ1) is 27.5. The molecule has 0 aromatic heterocycles. The van der Waals surface area contributed by atoms with Crippen molar-refractivity contribution in [1.82, 2.24) is 10.2 Å². The monoisotopic (exact) mass is 578 g/mol. The summed E-state index contributed by atoms with van der Waals surface area (Å²) in [5.74, 6) is 1.01. The number of nitrogens with one attached hydrogen (secondary N) is 1. The highest BCUT2D eigenvalue weighted by Gasteiger charge is 2.32. The molecular formula is C31H35BrN2O2S. The van der Waals surface area contributed by atoms with E-state index < -0.39 is 6.04 Å². The van der Waals surface area contributed by atoms with Gasteiger partial charge in [0.2, 0.25) is 11.8 Å². The van der Waals surface area contributed by atoms with E-state index in [0.29, 0.717) is 18.7 Å². The van der Waals surface area contributed by atoms with Crippen molar-refractivity contribution >= 4 is 39.5 Å². The van der Waals surface area contributed by atoms with E-state index in [9.17, 15) is 9.59 Å². The molecule has 3 aromatic carbocycles. The van der Waals surface area contributed by atoms with E-state index in [1.807, 2.05) is 54.6 Å². The summed E-state index contributed by atoms with van der Waals surface area (Å²) in [7, 11) is 0. The molecule has 3 aromatic rings. The highest BCUT2D eigenvalue weighted by Crippen LogP contribution is 2.22. The third-order valence-electron chi connectivity index (χ3n) is 6.83. The summed E-state index contributed by atoms with van der Waals surface area (Å²) in [5.41, 5.74) is 4.47. The van der Waals surface area contributed by atoms with Gasteiger partial charge in [0.15, 0.2) is 0 Å². The number of hydrogen-bond acceptors (Lipinski definition) is 3. The largest absolute Gasteiger partial charge is 0.352 e. The third-order valence-corrected chi connectivity index (χ3v) is 8.31. The molecule has 1 aliphatic rings. The van der Waals surface area contributed by atoms with Crippen molar-refractivity contribution in [3.05, 3.63) is 106 Å². The fourth-order valence-electron chi connectivity index (χ4n) is 4.78. The van der Waals surface area contributed by atoms with Crippen LogP contribution < -0.4 is 5.32 Å².